The summed E-state index contributed by atoms with van der Waals surface area (Å²) >= 11 is 1.39. The van der Waals surface area contributed by atoms with Gasteiger partial charge in [0.25, 0.3) is 0 Å². The quantitative estimate of drug-likeness (QED) is 0.643. The van der Waals surface area contributed by atoms with Crippen LogP contribution in [-0.2, 0) is 0 Å². The summed E-state index contributed by atoms with van der Waals surface area (Å²) in [4.78, 5) is 19.5. The molecule has 8 heteroatoms. The fourth-order valence-electron chi connectivity index (χ4n) is 2.02. The van der Waals surface area contributed by atoms with Crippen molar-refractivity contribution in [3.8, 4) is 0 Å². The first-order valence-electron chi connectivity index (χ1n) is 6.42. The highest BCUT2D eigenvalue weighted by Gasteiger charge is 2.17. The molecule has 2 aromatic heterocycles. The Hall–Kier alpha value is -1.93. The fourth-order valence-corrected chi connectivity index (χ4v) is 2.72. The summed E-state index contributed by atoms with van der Waals surface area (Å²) in [5, 5.41) is 1.43. The molecule has 1 fully saturated rings. The molecule has 104 valence electrons. The van der Waals surface area contributed by atoms with Crippen molar-refractivity contribution in [1.29, 1.82) is 0 Å². The van der Waals surface area contributed by atoms with Gasteiger partial charge in [0.05, 0.1) is 0 Å². The van der Waals surface area contributed by atoms with Gasteiger partial charge in [0.2, 0.25) is 17.1 Å². The van der Waals surface area contributed by atoms with Gasteiger partial charge < -0.3 is 4.90 Å². The highest BCUT2D eigenvalue weighted by atomic mass is 32.2. The number of hydrogen-bond acceptors (Lipinski definition) is 8. The van der Waals surface area contributed by atoms with E-state index in [-0.39, 0.29) is 0 Å². The summed E-state index contributed by atoms with van der Waals surface area (Å²) in [6, 6.07) is 5.72. The number of nitrogens with zero attached hydrogens (tertiary/aromatic N) is 5. The Morgan fingerprint density at radius 2 is 2.00 bits per heavy atom. The molecule has 3 rings (SSSR count). The average molecular weight is 289 g/mol. The zero-order chi connectivity index (χ0) is 13.8. The second-order valence-corrected chi connectivity index (χ2v) is 5.34. The van der Waals surface area contributed by atoms with E-state index >= 15 is 0 Å². The lowest BCUT2D eigenvalue weighted by atomic mass is 10.4. The zero-order valence-electron chi connectivity index (χ0n) is 10.9. The van der Waals surface area contributed by atoms with E-state index in [4.69, 9.17) is 5.84 Å². The minimum Gasteiger partial charge on any atom is -0.341 e. The van der Waals surface area contributed by atoms with Gasteiger partial charge in [0.1, 0.15) is 5.03 Å². The van der Waals surface area contributed by atoms with Crippen LogP contribution >= 0.6 is 11.8 Å². The third-order valence-electron chi connectivity index (χ3n) is 2.95. The third kappa shape index (κ3) is 2.97. The predicted molar refractivity (Wildman–Crippen MR) is 77.4 cm³/mol. The molecule has 1 aliphatic heterocycles. The van der Waals surface area contributed by atoms with Crippen molar-refractivity contribution in [1.82, 2.24) is 19.9 Å². The number of anilines is 2. The van der Waals surface area contributed by atoms with Crippen LogP contribution in [0.1, 0.15) is 12.8 Å². The van der Waals surface area contributed by atoms with Gasteiger partial charge in [-0.3, -0.25) is 5.43 Å². The second-order valence-electron chi connectivity index (χ2n) is 4.35. The monoisotopic (exact) mass is 289 g/mol. The van der Waals surface area contributed by atoms with Gasteiger partial charge in [0, 0.05) is 19.3 Å². The lowest BCUT2D eigenvalue weighted by molar-refractivity contribution is 0.826. The summed E-state index contributed by atoms with van der Waals surface area (Å²) in [5.74, 6) is 6.48. The van der Waals surface area contributed by atoms with Crippen LogP contribution in [0.5, 0.6) is 0 Å². The van der Waals surface area contributed by atoms with E-state index in [1.807, 2.05) is 18.2 Å². The summed E-state index contributed by atoms with van der Waals surface area (Å²) in [5.41, 5.74) is 2.49. The molecule has 0 aliphatic carbocycles. The van der Waals surface area contributed by atoms with E-state index in [0.717, 1.165) is 18.1 Å². The van der Waals surface area contributed by atoms with Crippen molar-refractivity contribution in [2.24, 2.45) is 5.84 Å². The molecular weight excluding hydrogens is 274 g/mol. The van der Waals surface area contributed by atoms with Crippen LogP contribution < -0.4 is 16.2 Å². The van der Waals surface area contributed by atoms with E-state index in [9.17, 15) is 0 Å². The Bertz CT molecular complexity index is 571. The largest absolute Gasteiger partial charge is 0.341 e. The molecule has 7 nitrogen and oxygen atoms in total. The molecule has 0 aromatic carbocycles. The maximum atomic E-state index is 5.43. The molecule has 3 N–H and O–H groups in total. The van der Waals surface area contributed by atoms with E-state index in [2.05, 4.69) is 30.3 Å². The average Bonchev–Trinajstić information content (AvgIpc) is 3.02. The topological polar surface area (TPSA) is 92.8 Å². The Balaban J connectivity index is 1.87. The van der Waals surface area contributed by atoms with Crippen LogP contribution in [0.3, 0.4) is 0 Å². The highest BCUT2D eigenvalue weighted by Crippen LogP contribution is 2.25. The minimum absolute atomic E-state index is 0.375. The van der Waals surface area contributed by atoms with E-state index < -0.39 is 0 Å². The Kier molecular flexibility index (Phi) is 3.93. The van der Waals surface area contributed by atoms with E-state index in [1.54, 1.807) is 6.20 Å². The molecule has 0 bridgehead atoms. The first-order chi connectivity index (χ1) is 9.85. The highest BCUT2D eigenvalue weighted by molar-refractivity contribution is 7.99. The number of hydrogen-bond donors (Lipinski definition) is 2. The number of nitrogen functional groups attached to an aromatic ring is 1. The first-order valence-corrected chi connectivity index (χ1v) is 7.23. The second kappa shape index (κ2) is 6.02. The summed E-state index contributed by atoms with van der Waals surface area (Å²) < 4.78 is 0. The van der Waals surface area contributed by atoms with Crippen molar-refractivity contribution in [2.75, 3.05) is 23.4 Å². The number of rotatable bonds is 4. The maximum Gasteiger partial charge on any atom is 0.242 e. The van der Waals surface area contributed by atoms with Crippen molar-refractivity contribution < 1.29 is 0 Å². The molecule has 0 spiro atoms. The van der Waals surface area contributed by atoms with E-state index in [1.165, 1.54) is 24.6 Å². The van der Waals surface area contributed by atoms with Crippen molar-refractivity contribution in [3.63, 3.8) is 0 Å². The first kappa shape index (κ1) is 13.1. The molecule has 1 aliphatic rings. The Morgan fingerprint density at radius 3 is 2.70 bits per heavy atom. The van der Waals surface area contributed by atoms with Crippen LogP contribution in [0.25, 0.3) is 0 Å². The van der Waals surface area contributed by atoms with Gasteiger partial charge in [-0.05, 0) is 36.7 Å². The molecule has 0 unspecified atom stereocenters. The summed E-state index contributed by atoms with van der Waals surface area (Å²) in [6.45, 7) is 1.95. The maximum absolute atomic E-state index is 5.43. The number of hydrazine groups is 1. The molecule has 0 radical (unpaired) electrons. The standard InChI is InChI=1S/C12H15N7S/c13-18-10-15-11(19-7-3-4-8-19)17-12(16-10)20-9-5-1-2-6-14-9/h1-2,5-6H,3-4,7-8,13H2,(H,15,16,17,18). The third-order valence-corrected chi connectivity index (χ3v) is 3.77. The smallest absolute Gasteiger partial charge is 0.242 e. The molecule has 2 aromatic rings. The SMILES string of the molecule is NNc1nc(Sc2ccccn2)nc(N2CCCC2)n1. The van der Waals surface area contributed by atoms with Crippen LogP contribution in [0.15, 0.2) is 34.6 Å². The lowest BCUT2D eigenvalue weighted by Gasteiger charge is -2.15. The molecule has 0 saturated carbocycles. The Morgan fingerprint density at radius 1 is 1.15 bits per heavy atom. The number of aromatic nitrogens is 4. The van der Waals surface area contributed by atoms with Crippen molar-refractivity contribution >= 4 is 23.7 Å². The zero-order valence-corrected chi connectivity index (χ0v) is 11.7. The number of pyridine rings is 1. The van der Waals surface area contributed by atoms with Crippen LogP contribution in [0.4, 0.5) is 11.9 Å². The van der Waals surface area contributed by atoms with Gasteiger partial charge in [-0.15, -0.1) is 0 Å². The lowest BCUT2D eigenvalue weighted by Crippen LogP contribution is -2.22. The van der Waals surface area contributed by atoms with Crippen LogP contribution in [0.2, 0.25) is 0 Å². The van der Waals surface area contributed by atoms with Crippen molar-refractivity contribution in [3.05, 3.63) is 24.4 Å². The number of nitrogens with one attached hydrogen (secondary N) is 1. The summed E-state index contributed by atoms with van der Waals surface area (Å²) in [6.07, 6.45) is 4.08. The van der Waals surface area contributed by atoms with E-state index in [0.29, 0.717) is 17.1 Å². The van der Waals surface area contributed by atoms with Gasteiger partial charge >= 0.3 is 0 Å². The van der Waals surface area contributed by atoms with Crippen LogP contribution in [0, 0.1) is 0 Å². The molecule has 0 atom stereocenters. The molecule has 1 saturated heterocycles. The normalized spacial score (nSPS) is 14.6. The van der Waals surface area contributed by atoms with Gasteiger partial charge in [-0.1, -0.05) is 6.07 Å². The predicted octanol–water partition coefficient (Wildman–Crippen LogP) is 1.30. The van der Waals surface area contributed by atoms with Gasteiger partial charge in [-0.2, -0.15) is 15.0 Å². The molecule has 3 heterocycles. The van der Waals surface area contributed by atoms with Gasteiger partial charge in [0.15, 0.2) is 0 Å². The Labute approximate surface area is 121 Å². The van der Waals surface area contributed by atoms with Crippen LogP contribution in [-0.4, -0.2) is 33.0 Å². The number of nitrogens with two attached hydrogens (primary N) is 1. The van der Waals surface area contributed by atoms with Gasteiger partial charge in [-0.25, -0.2) is 10.8 Å². The fraction of sp³-hybridized carbons (Fsp3) is 0.333. The minimum atomic E-state index is 0.375. The molecule has 20 heavy (non-hydrogen) atoms. The summed E-state index contributed by atoms with van der Waals surface area (Å²) in [7, 11) is 0. The molecular formula is C12H15N7S. The van der Waals surface area contributed by atoms with Crippen molar-refractivity contribution in [2.45, 2.75) is 23.0 Å². The molecule has 0 amide bonds.